The van der Waals surface area contributed by atoms with Crippen molar-refractivity contribution in [1.82, 2.24) is 5.16 Å². The molecule has 2 rings (SSSR count). The SMILES string of the molecule is CCNc1ccc([N+](=O)[O-])cc1S(=O)(=O)Nc1cnoc1. The van der Waals surface area contributed by atoms with Gasteiger partial charge in [0.15, 0.2) is 0 Å². The van der Waals surface area contributed by atoms with Crippen molar-refractivity contribution in [3.63, 3.8) is 0 Å². The van der Waals surface area contributed by atoms with Crippen molar-refractivity contribution in [1.29, 1.82) is 0 Å². The van der Waals surface area contributed by atoms with Crippen LogP contribution in [-0.2, 0) is 10.0 Å². The van der Waals surface area contributed by atoms with Crippen molar-refractivity contribution >= 4 is 27.1 Å². The van der Waals surface area contributed by atoms with Crippen molar-refractivity contribution in [2.24, 2.45) is 0 Å². The molecule has 10 heteroatoms. The predicted molar refractivity (Wildman–Crippen MR) is 74.6 cm³/mol. The molecule has 1 aromatic heterocycles. The molecular formula is C11H12N4O5S. The Labute approximate surface area is 120 Å². The Morgan fingerprint density at radius 1 is 1.43 bits per heavy atom. The summed E-state index contributed by atoms with van der Waals surface area (Å²) in [5, 5.41) is 17.0. The first kappa shape index (κ1) is 14.8. The summed E-state index contributed by atoms with van der Waals surface area (Å²) in [5.74, 6) is 0. The second kappa shape index (κ2) is 5.79. The van der Waals surface area contributed by atoms with Crippen molar-refractivity contribution in [3.05, 3.63) is 40.8 Å². The van der Waals surface area contributed by atoms with E-state index in [4.69, 9.17) is 0 Å². The summed E-state index contributed by atoms with van der Waals surface area (Å²) in [6.45, 7) is 2.25. The second-order valence-corrected chi connectivity index (χ2v) is 5.64. The van der Waals surface area contributed by atoms with Crippen LogP contribution in [0.2, 0.25) is 0 Å². The molecule has 112 valence electrons. The lowest BCUT2D eigenvalue weighted by atomic mass is 10.3. The zero-order valence-corrected chi connectivity index (χ0v) is 11.8. The number of nitro groups is 1. The van der Waals surface area contributed by atoms with Crippen molar-refractivity contribution < 1.29 is 17.9 Å². The van der Waals surface area contributed by atoms with E-state index in [0.717, 1.165) is 12.3 Å². The molecule has 0 amide bonds. The largest absolute Gasteiger partial charge is 0.384 e. The Morgan fingerprint density at radius 2 is 2.19 bits per heavy atom. The normalized spacial score (nSPS) is 11.1. The molecule has 0 saturated carbocycles. The third-order valence-corrected chi connectivity index (χ3v) is 3.94. The number of rotatable bonds is 6. The minimum atomic E-state index is -4.01. The first-order valence-corrected chi connectivity index (χ1v) is 7.37. The molecule has 0 radical (unpaired) electrons. The zero-order valence-electron chi connectivity index (χ0n) is 10.9. The number of hydrogen-bond acceptors (Lipinski definition) is 7. The standard InChI is InChI=1S/C11H12N4O5S/c1-2-12-10-4-3-9(15(16)17)5-11(10)21(18,19)14-8-6-13-20-7-8/h3-7,12,14H,2H2,1H3. The summed E-state index contributed by atoms with van der Waals surface area (Å²) in [7, 11) is -4.01. The molecule has 0 atom stereocenters. The van der Waals surface area contributed by atoms with E-state index in [2.05, 4.69) is 19.7 Å². The average molecular weight is 312 g/mol. The number of benzene rings is 1. The van der Waals surface area contributed by atoms with Gasteiger partial charge in [0.05, 0.1) is 16.8 Å². The van der Waals surface area contributed by atoms with Gasteiger partial charge in [0.2, 0.25) is 0 Å². The molecule has 2 N–H and O–H groups in total. The smallest absolute Gasteiger partial charge is 0.270 e. The predicted octanol–water partition coefficient (Wildman–Crippen LogP) is 1.82. The van der Waals surface area contributed by atoms with Crippen LogP contribution in [0, 0.1) is 10.1 Å². The fourth-order valence-corrected chi connectivity index (χ4v) is 2.88. The van der Waals surface area contributed by atoms with Gasteiger partial charge in [-0.1, -0.05) is 5.16 Å². The van der Waals surface area contributed by atoms with Crippen molar-refractivity contribution in [2.75, 3.05) is 16.6 Å². The average Bonchev–Trinajstić information content (AvgIpc) is 2.91. The van der Waals surface area contributed by atoms with E-state index in [1.807, 2.05) is 0 Å². The molecule has 21 heavy (non-hydrogen) atoms. The van der Waals surface area contributed by atoms with Gasteiger partial charge in [-0.2, -0.15) is 0 Å². The molecule has 1 aromatic carbocycles. The van der Waals surface area contributed by atoms with Crippen molar-refractivity contribution in [3.8, 4) is 0 Å². The maximum atomic E-state index is 12.3. The van der Waals surface area contributed by atoms with E-state index in [9.17, 15) is 18.5 Å². The number of sulfonamides is 1. The number of non-ortho nitro benzene ring substituents is 1. The molecule has 0 saturated heterocycles. The van der Waals surface area contributed by atoms with Crippen molar-refractivity contribution in [2.45, 2.75) is 11.8 Å². The number of nitrogens with zero attached hydrogens (tertiary/aromatic N) is 2. The third-order valence-electron chi connectivity index (χ3n) is 2.52. The molecule has 0 aliphatic rings. The number of aromatic nitrogens is 1. The number of nitro benzene ring substituents is 1. The van der Waals surface area contributed by atoms with Crippen LogP contribution in [0.5, 0.6) is 0 Å². The lowest BCUT2D eigenvalue weighted by Gasteiger charge is -2.11. The van der Waals surface area contributed by atoms with E-state index in [1.54, 1.807) is 6.92 Å². The summed E-state index contributed by atoms with van der Waals surface area (Å²) < 4.78 is 31.4. The highest BCUT2D eigenvalue weighted by atomic mass is 32.2. The monoisotopic (exact) mass is 312 g/mol. The molecule has 2 aromatic rings. The van der Waals surface area contributed by atoms with Gasteiger partial charge in [-0.25, -0.2) is 8.42 Å². The van der Waals surface area contributed by atoms with Crippen LogP contribution < -0.4 is 10.0 Å². The van der Waals surface area contributed by atoms with Gasteiger partial charge < -0.3 is 9.84 Å². The zero-order chi connectivity index (χ0) is 15.5. The van der Waals surface area contributed by atoms with Gasteiger partial charge in [0.25, 0.3) is 15.7 Å². The summed E-state index contributed by atoms with van der Waals surface area (Å²) >= 11 is 0. The molecule has 0 aliphatic carbocycles. The Bertz CT molecular complexity index is 742. The summed E-state index contributed by atoms with van der Waals surface area (Å²) in [6, 6.07) is 3.58. The van der Waals surface area contributed by atoms with Crippen LogP contribution in [0.25, 0.3) is 0 Å². The van der Waals surface area contributed by atoms with Gasteiger partial charge in [-0.05, 0) is 13.0 Å². The summed E-state index contributed by atoms with van der Waals surface area (Å²) in [5.41, 5.74) is 0.0818. The number of hydrogen-bond donors (Lipinski definition) is 2. The van der Waals surface area contributed by atoms with Gasteiger partial charge in [-0.3, -0.25) is 14.8 Å². The fourth-order valence-electron chi connectivity index (χ4n) is 1.65. The quantitative estimate of drug-likeness (QED) is 0.615. The van der Waals surface area contributed by atoms with Crippen LogP contribution >= 0.6 is 0 Å². The molecule has 0 bridgehead atoms. The molecule has 0 aliphatic heterocycles. The van der Waals surface area contributed by atoms with E-state index in [-0.39, 0.29) is 22.0 Å². The van der Waals surface area contributed by atoms with E-state index >= 15 is 0 Å². The Morgan fingerprint density at radius 3 is 2.76 bits per heavy atom. The molecule has 1 heterocycles. The van der Waals surface area contributed by atoms with Crippen LogP contribution in [0.1, 0.15) is 6.92 Å². The van der Waals surface area contributed by atoms with Gasteiger partial charge >= 0.3 is 0 Å². The highest BCUT2D eigenvalue weighted by Crippen LogP contribution is 2.28. The third kappa shape index (κ3) is 3.28. The van der Waals surface area contributed by atoms with Gasteiger partial charge in [0.1, 0.15) is 16.8 Å². The van der Waals surface area contributed by atoms with Crippen LogP contribution in [0.15, 0.2) is 40.1 Å². The lowest BCUT2D eigenvalue weighted by Crippen LogP contribution is -2.15. The summed E-state index contributed by atoms with van der Waals surface area (Å²) in [6.07, 6.45) is 2.30. The Hall–Kier alpha value is -2.62. The Kier molecular flexibility index (Phi) is 4.08. The van der Waals surface area contributed by atoms with Crippen LogP contribution in [-0.4, -0.2) is 25.0 Å². The first-order valence-electron chi connectivity index (χ1n) is 5.88. The fraction of sp³-hybridized carbons (Fsp3) is 0.182. The van der Waals surface area contributed by atoms with Gasteiger partial charge in [-0.15, -0.1) is 0 Å². The second-order valence-electron chi connectivity index (χ2n) is 3.99. The molecule has 0 fully saturated rings. The lowest BCUT2D eigenvalue weighted by molar-refractivity contribution is -0.385. The molecule has 0 spiro atoms. The minimum absolute atomic E-state index is 0.129. The number of anilines is 2. The maximum Gasteiger partial charge on any atom is 0.270 e. The highest BCUT2D eigenvalue weighted by molar-refractivity contribution is 7.92. The van der Waals surface area contributed by atoms with E-state index in [1.165, 1.54) is 18.3 Å². The van der Waals surface area contributed by atoms with Gasteiger partial charge in [0, 0.05) is 18.7 Å². The highest BCUT2D eigenvalue weighted by Gasteiger charge is 2.22. The van der Waals surface area contributed by atoms with Crippen LogP contribution in [0.3, 0.4) is 0 Å². The number of nitrogens with one attached hydrogen (secondary N) is 2. The molecular weight excluding hydrogens is 300 g/mol. The first-order chi connectivity index (χ1) is 9.94. The molecule has 9 nitrogen and oxygen atoms in total. The molecule has 0 unspecified atom stereocenters. The minimum Gasteiger partial charge on any atom is -0.384 e. The topological polar surface area (TPSA) is 127 Å². The van der Waals surface area contributed by atoms with E-state index in [0.29, 0.717) is 6.54 Å². The van der Waals surface area contributed by atoms with Crippen LogP contribution in [0.4, 0.5) is 17.1 Å². The Balaban J connectivity index is 2.48. The maximum absolute atomic E-state index is 12.3. The van der Waals surface area contributed by atoms with E-state index < -0.39 is 14.9 Å². The summed E-state index contributed by atoms with van der Waals surface area (Å²) in [4.78, 5) is 9.93.